The molecule has 2 aromatic carbocycles. The fourth-order valence-electron chi connectivity index (χ4n) is 2.52. The molecule has 0 atom stereocenters. The Morgan fingerprint density at radius 3 is 2.55 bits per heavy atom. The van der Waals surface area contributed by atoms with Crippen molar-refractivity contribution >= 4 is 38.8 Å². The molecular formula is C18H12BrN3. The number of para-hydroxylation sites is 1. The predicted molar refractivity (Wildman–Crippen MR) is 93.4 cm³/mol. The Hall–Kier alpha value is -2.46. The second-order valence-electron chi connectivity index (χ2n) is 5.01. The summed E-state index contributed by atoms with van der Waals surface area (Å²) in [4.78, 5) is 9.25. The first kappa shape index (κ1) is 13.2. The second kappa shape index (κ2) is 5.39. The van der Waals surface area contributed by atoms with E-state index < -0.39 is 0 Å². The van der Waals surface area contributed by atoms with E-state index in [9.17, 15) is 0 Å². The third-order valence-corrected chi connectivity index (χ3v) is 4.10. The SMILES string of the molecule is Brc1ccc(C2=Nc3cccnc3Nc3ccccc32)cc1. The maximum Gasteiger partial charge on any atom is 0.156 e. The van der Waals surface area contributed by atoms with Crippen LogP contribution < -0.4 is 5.32 Å². The minimum Gasteiger partial charge on any atom is -0.338 e. The zero-order chi connectivity index (χ0) is 14.9. The van der Waals surface area contributed by atoms with Crippen molar-refractivity contribution in [3.05, 3.63) is 82.5 Å². The maximum atomic E-state index is 4.86. The van der Waals surface area contributed by atoms with Gasteiger partial charge in [0.25, 0.3) is 0 Å². The van der Waals surface area contributed by atoms with E-state index in [0.717, 1.165) is 38.5 Å². The Kier molecular flexibility index (Phi) is 3.24. The lowest BCUT2D eigenvalue weighted by molar-refractivity contribution is 1.30. The van der Waals surface area contributed by atoms with Crippen LogP contribution in [0.1, 0.15) is 11.1 Å². The predicted octanol–water partition coefficient (Wildman–Crippen LogP) is 5.07. The van der Waals surface area contributed by atoms with Crippen LogP contribution in [0.5, 0.6) is 0 Å². The number of pyridine rings is 1. The van der Waals surface area contributed by atoms with Crippen molar-refractivity contribution in [3.63, 3.8) is 0 Å². The third kappa shape index (κ3) is 2.31. The van der Waals surface area contributed by atoms with Gasteiger partial charge < -0.3 is 5.32 Å². The number of hydrogen-bond acceptors (Lipinski definition) is 3. The number of halogens is 1. The minimum atomic E-state index is 0.780. The number of anilines is 2. The minimum absolute atomic E-state index is 0.780. The standard InChI is InChI=1S/C18H12BrN3/c19-13-9-7-12(8-10-13)17-14-4-1-2-5-15(14)22-18-16(21-17)6-3-11-20-18/h1-11H,(H,20,22). The molecule has 0 fully saturated rings. The molecule has 1 N–H and O–H groups in total. The summed E-state index contributed by atoms with van der Waals surface area (Å²) in [6.07, 6.45) is 1.77. The molecular weight excluding hydrogens is 338 g/mol. The quantitative estimate of drug-likeness (QED) is 0.520. The fraction of sp³-hybridized carbons (Fsp3) is 0. The van der Waals surface area contributed by atoms with Crippen molar-refractivity contribution in [1.29, 1.82) is 0 Å². The molecule has 3 nitrogen and oxygen atoms in total. The van der Waals surface area contributed by atoms with Gasteiger partial charge >= 0.3 is 0 Å². The largest absolute Gasteiger partial charge is 0.338 e. The van der Waals surface area contributed by atoms with Crippen LogP contribution in [0.4, 0.5) is 17.2 Å². The molecule has 1 aromatic heterocycles. The average Bonchev–Trinajstić information content (AvgIpc) is 2.72. The smallest absolute Gasteiger partial charge is 0.156 e. The van der Waals surface area contributed by atoms with Crippen molar-refractivity contribution in [2.24, 2.45) is 4.99 Å². The van der Waals surface area contributed by atoms with Crippen molar-refractivity contribution in [1.82, 2.24) is 4.98 Å². The topological polar surface area (TPSA) is 37.3 Å². The molecule has 1 aliphatic rings. The van der Waals surface area contributed by atoms with Crippen molar-refractivity contribution in [2.75, 3.05) is 5.32 Å². The average molecular weight is 350 g/mol. The fourth-order valence-corrected chi connectivity index (χ4v) is 2.78. The molecule has 0 saturated carbocycles. The van der Waals surface area contributed by atoms with Crippen LogP contribution in [-0.4, -0.2) is 10.7 Å². The third-order valence-electron chi connectivity index (χ3n) is 3.57. The van der Waals surface area contributed by atoms with Gasteiger partial charge in [-0.05, 0) is 30.3 Å². The van der Waals surface area contributed by atoms with E-state index >= 15 is 0 Å². The number of fused-ring (bicyclic) bond motifs is 2. The van der Waals surface area contributed by atoms with Crippen LogP contribution in [-0.2, 0) is 0 Å². The van der Waals surface area contributed by atoms with E-state index in [0.29, 0.717) is 0 Å². The molecule has 3 aromatic rings. The van der Waals surface area contributed by atoms with E-state index in [1.54, 1.807) is 6.20 Å². The van der Waals surface area contributed by atoms with E-state index in [1.165, 1.54) is 0 Å². The highest BCUT2D eigenvalue weighted by molar-refractivity contribution is 9.10. The van der Waals surface area contributed by atoms with E-state index in [-0.39, 0.29) is 0 Å². The highest BCUT2D eigenvalue weighted by atomic mass is 79.9. The summed E-state index contributed by atoms with van der Waals surface area (Å²) < 4.78 is 1.05. The summed E-state index contributed by atoms with van der Waals surface area (Å²) >= 11 is 3.48. The second-order valence-corrected chi connectivity index (χ2v) is 5.92. The molecule has 0 saturated heterocycles. The number of nitrogens with zero attached hydrogens (tertiary/aromatic N) is 2. The summed E-state index contributed by atoms with van der Waals surface area (Å²) in [6.45, 7) is 0. The van der Waals surface area contributed by atoms with Gasteiger partial charge in [0.1, 0.15) is 5.69 Å². The van der Waals surface area contributed by atoms with Crippen LogP contribution in [0.3, 0.4) is 0 Å². The van der Waals surface area contributed by atoms with Gasteiger partial charge in [0.2, 0.25) is 0 Å². The summed E-state index contributed by atoms with van der Waals surface area (Å²) in [5.41, 5.74) is 4.96. The molecule has 0 aliphatic carbocycles. The van der Waals surface area contributed by atoms with Gasteiger partial charge in [0, 0.05) is 27.5 Å². The van der Waals surface area contributed by atoms with Crippen molar-refractivity contribution < 1.29 is 0 Å². The van der Waals surface area contributed by atoms with Gasteiger partial charge in [-0.2, -0.15) is 0 Å². The van der Waals surface area contributed by atoms with Gasteiger partial charge in [-0.25, -0.2) is 9.98 Å². The Labute approximate surface area is 136 Å². The number of aliphatic imine (C=N–C) groups is 1. The summed E-state index contributed by atoms with van der Waals surface area (Å²) in [5.74, 6) is 0.780. The first-order chi connectivity index (χ1) is 10.8. The van der Waals surface area contributed by atoms with Gasteiger partial charge in [0.15, 0.2) is 5.82 Å². The van der Waals surface area contributed by atoms with Gasteiger partial charge in [-0.1, -0.05) is 46.3 Å². The highest BCUT2D eigenvalue weighted by Crippen LogP contribution is 2.33. The van der Waals surface area contributed by atoms with Gasteiger partial charge in [0.05, 0.1) is 5.71 Å². The monoisotopic (exact) mass is 349 g/mol. The van der Waals surface area contributed by atoms with Gasteiger partial charge in [-0.15, -0.1) is 0 Å². The first-order valence-corrected chi connectivity index (χ1v) is 7.77. The molecule has 0 radical (unpaired) electrons. The van der Waals surface area contributed by atoms with Gasteiger partial charge in [-0.3, -0.25) is 0 Å². The van der Waals surface area contributed by atoms with Crippen LogP contribution in [0.15, 0.2) is 76.3 Å². The Morgan fingerprint density at radius 1 is 0.864 bits per heavy atom. The highest BCUT2D eigenvalue weighted by Gasteiger charge is 2.17. The molecule has 1 aliphatic heterocycles. The molecule has 0 amide bonds. The molecule has 4 heteroatoms. The Morgan fingerprint density at radius 2 is 1.68 bits per heavy atom. The van der Waals surface area contributed by atoms with E-state index in [4.69, 9.17) is 4.99 Å². The lowest BCUT2D eigenvalue weighted by Crippen LogP contribution is -2.04. The van der Waals surface area contributed by atoms with Crippen molar-refractivity contribution in [3.8, 4) is 0 Å². The van der Waals surface area contributed by atoms with Crippen LogP contribution >= 0.6 is 15.9 Å². The lowest BCUT2D eigenvalue weighted by atomic mass is 10.0. The molecule has 2 heterocycles. The molecule has 106 valence electrons. The summed E-state index contributed by atoms with van der Waals surface area (Å²) in [7, 11) is 0. The molecule has 0 spiro atoms. The van der Waals surface area contributed by atoms with Crippen LogP contribution in [0.2, 0.25) is 0 Å². The zero-order valence-corrected chi connectivity index (χ0v) is 13.2. The maximum absolute atomic E-state index is 4.86. The number of benzene rings is 2. The number of aromatic nitrogens is 1. The molecule has 0 bridgehead atoms. The van der Waals surface area contributed by atoms with Crippen LogP contribution in [0.25, 0.3) is 0 Å². The summed E-state index contributed by atoms with van der Waals surface area (Å²) in [6, 6.07) is 20.2. The van der Waals surface area contributed by atoms with E-state index in [2.05, 4.69) is 44.4 Å². The number of rotatable bonds is 1. The number of hydrogen-bond donors (Lipinski definition) is 1. The van der Waals surface area contributed by atoms with Crippen LogP contribution in [0, 0.1) is 0 Å². The van der Waals surface area contributed by atoms with Crippen molar-refractivity contribution in [2.45, 2.75) is 0 Å². The Balaban J connectivity index is 1.98. The van der Waals surface area contributed by atoms with E-state index in [1.807, 2.05) is 42.5 Å². The molecule has 22 heavy (non-hydrogen) atoms. The molecule has 0 unspecified atom stereocenters. The summed E-state index contributed by atoms with van der Waals surface area (Å²) in [5, 5.41) is 3.38. The molecule has 4 rings (SSSR count). The zero-order valence-electron chi connectivity index (χ0n) is 11.6. The Bertz CT molecular complexity index is 870. The lowest BCUT2D eigenvalue weighted by Gasteiger charge is -2.10. The first-order valence-electron chi connectivity index (χ1n) is 6.97. The normalized spacial score (nSPS) is 12.5. The number of nitrogens with one attached hydrogen (secondary N) is 1.